The van der Waals surface area contributed by atoms with E-state index in [1.165, 1.54) is 11.3 Å². The summed E-state index contributed by atoms with van der Waals surface area (Å²) in [6.45, 7) is 5.49. The summed E-state index contributed by atoms with van der Waals surface area (Å²) in [5.74, 6) is -0.447. The summed E-state index contributed by atoms with van der Waals surface area (Å²) < 4.78 is 10.1. The zero-order valence-corrected chi connectivity index (χ0v) is 17.4. The number of aromatic nitrogens is 1. The second-order valence-electron chi connectivity index (χ2n) is 6.06. The fraction of sp³-hybridized carbons (Fsp3) is 0.450. The fourth-order valence-corrected chi connectivity index (χ4v) is 3.42. The molecule has 0 aliphatic heterocycles. The van der Waals surface area contributed by atoms with Gasteiger partial charge >= 0.3 is 12.0 Å². The first-order valence-electron chi connectivity index (χ1n) is 9.33. The van der Waals surface area contributed by atoms with Crippen molar-refractivity contribution in [3.63, 3.8) is 0 Å². The number of rotatable bonds is 10. The zero-order valence-electron chi connectivity index (χ0n) is 16.6. The van der Waals surface area contributed by atoms with Crippen molar-refractivity contribution in [2.45, 2.75) is 33.2 Å². The van der Waals surface area contributed by atoms with E-state index in [2.05, 4.69) is 10.3 Å². The third-order valence-corrected chi connectivity index (χ3v) is 4.90. The fourth-order valence-electron chi connectivity index (χ4n) is 2.64. The SMILES string of the molecule is CCOC(=O)c1csc(CN(CCCOC)C(=O)Nc2ccccc2CC)n1. The number of anilines is 1. The smallest absolute Gasteiger partial charge is 0.357 e. The normalized spacial score (nSPS) is 10.5. The van der Waals surface area contributed by atoms with Crippen molar-refractivity contribution >= 4 is 29.0 Å². The minimum atomic E-state index is -0.447. The van der Waals surface area contributed by atoms with E-state index in [1.807, 2.05) is 31.2 Å². The van der Waals surface area contributed by atoms with Crippen LogP contribution in [0.1, 0.15) is 41.3 Å². The van der Waals surface area contributed by atoms with Crippen LogP contribution in [0.4, 0.5) is 10.5 Å². The Morgan fingerprint density at radius 2 is 2.04 bits per heavy atom. The number of ether oxygens (including phenoxy) is 2. The maximum absolute atomic E-state index is 12.9. The van der Waals surface area contributed by atoms with Gasteiger partial charge in [-0.05, 0) is 31.4 Å². The van der Waals surface area contributed by atoms with Crippen molar-refractivity contribution in [3.8, 4) is 0 Å². The number of nitrogens with one attached hydrogen (secondary N) is 1. The molecule has 0 radical (unpaired) electrons. The first kappa shape index (κ1) is 21.8. The number of carbonyl (C=O) groups excluding carboxylic acids is 2. The molecule has 0 fully saturated rings. The van der Waals surface area contributed by atoms with Crippen molar-refractivity contribution < 1.29 is 19.1 Å². The van der Waals surface area contributed by atoms with Gasteiger partial charge in [0.2, 0.25) is 0 Å². The maximum Gasteiger partial charge on any atom is 0.357 e. The molecule has 0 spiro atoms. The third kappa shape index (κ3) is 6.31. The first-order valence-corrected chi connectivity index (χ1v) is 10.2. The van der Waals surface area contributed by atoms with Crippen LogP contribution >= 0.6 is 11.3 Å². The lowest BCUT2D eigenvalue weighted by Gasteiger charge is -2.23. The van der Waals surface area contributed by atoms with Crippen molar-refractivity contribution in [1.29, 1.82) is 0 Å². The van der Waals surface area contributed by atoms with Gasteiger partial charge in [-0.25, -0.2) is 14.6 Å². The van der Waals surface area contributed by atoms with Gasteiger partial charge in [0.1, 0.15) is 5.01 Å². The van der Waals surface area contributed by atoms with Crippen molar-refractivity contribution in [2.24, 2.45) is 0 Å². The first-order chi connectivity index (χ1) is 13.6. The van der Waals surface area contributed by atoms with E-state index in [-0.39, 0.29) is 11.7 Å². The summed E-state index contributed by atoms with van der Waals surface area (Å²) in [5, 5.41) is 5.33. The van der Waals surface area contributed by atoms with Crippen LogP contribution in [0.3, 0.4) is 0 Å². The number of urea groups is 1. The van der Waals surface area contributed by atoms with Crippen LogP contribution in [-0.2, 0) is 22.4 Å². The average Bonchev–Trinajstić information content (AvgIpc) is 3.16. The third-order valence-electron chi connectivity index (χ3n) is 4.07. The topological polar surface area (TPSA) is 80.8 Å². The van der Waals surface area contributed by atoms with Crippen LogP contribution < -0.4 is 5.32 Å². The highest BCUT2D eigenvalue weighted by atomic mass is 32.1. The Hall–Kier alpha value is -2.45. The number of hydrogen-bond donors (Lipinski definition) is 1. The summed E-state index contributed by atoms with van der Waals surface area (Å²) in [5.41, 5.74) is 2.15. The molecule has 0 saturated heterocycles. The van der Waals surface area contributed by atoms with E-state index in [4.69, 9.17) is 9.47 Å². The van der Waals surface area contributed by atoms with Gasteiger partial charge in [0, 0.05) is 31.3 Å². The monoisotopic (exact) mass is 405 g/mol. The van der Waals surface area contributed by atoms with Crippen LogP contribution in [0, 0.1) is 0 Å². The molecule has 7 nitrogen and oxygen atoms in total. The average molecular weight is 406 g/mol. The molecule has 0 bridgehead atoms. The Bertz CT molecular complexity index is 778. The highest BCUT2D eigenvalue weighted by molar-refractivity contribution is 7.09. The summed E-state index contributed by atoms with van der Waals surface area (Å²) >= 11 is 1.34. The molecule has 0 saturated carbocycles. The highest BCUT2D eigenvalue weighted by Gasteiger charge is 2.18. The Kier molecular flexibility index (Phi) is 8.90. The summed E-state index contributed by atoms with van der Waals surface area (Å²) in [6.07, 6.45) is 1.53. The van der Waals surface area contributed by atoms with Gasteiger partial charge < -0.3 is 19.7 Å². The number of thiazole rings is 1. The molecule has 0 unspecified atom stereocenters. The standard InChI is InChI=1S/C20H27N3O4S/c1-4-15-9-6-7-10-16(15)22-20(25)23(11-8-12-26-3)13-18-21-17(14-28-18)19(24)27-5-2/h6-7,9-10,14H,4-5,8,11-13H2,1-3H3,(H,22,25). The summed E-state index contributed by atoms with van der Waals surface area (Å²) in [7, 11) is 1.63. The maximum atomic E-state index is 12.9. The predicted molar refractivity (Wildman–Crippen MR) is 110 cm³/mol. The number of aryl methyl sites for hydroxylation is 1. The lowest BCUT2D eigenvalue weighted by molar-refractivity contribution is 0.0520. The summed E-state index contributed by atoms with van der Waals surface area (Å²) in [4.78, 5) is 30.7. The predicted octanol–water partition coefficient (Wildman–Crippen LogP) is 3.95. The lowest BCUT2D eigenvalue weighted by atomic mass is 10.1. The van der Waals surface area contributed by atoms with Gasteiger partial charge in [-0.2, -0.15) is 0 Å². The Labute approximate surface area is 169 Å². The summed E-state index contributed by atoms with van der Waals surface area (Å²) in [6, 6.07) is 7.54. The Morgan fingerprint density at radius 3 is 2.75 bits per heavy atom. The van der Waals surface area contributed by atoms with E-state index in [0.29, 0.717) is 37.7 Å². The lowest BCUT2D eigenvalue weighted by Crippen LogP contribution is -2.36. The molecule has 1 N–H and O–H groups in total. The number of amides is 2. The highest BCUT2D eigenvalue weighted by Crippen LogP contribution is 2.18. The van der Waals surface area contributed by atoms with Crippen LogP contribution in [0.2, 0.25) is 0 Å². The number of nitrogens with zero attached hydrogens (tertiary/aromatic N) is 2. The van der Waals surface area contributed by atoms with Crippen LogP contribution in [0.15, 0.2) is 29.6 Å². The molecule has 2 rings (SSSR count). The van der Waals surface area contributed by atoms with Gasteiger partial charge in [-0.15, -0.1) is 11.3 Å². The quantitative estimate of drug-likeness (QED) is 0.478. The number of hydrogen-bond acceptors (Lipinski definition) is 6. The Balaban J connectivity index is 2.10. The molecule has 0 aliphatic rings. The van der Waals surface area contributed by atoms with E-state index >= 15 is 0 Å². The van der Waals surface area contributed by atoms with Crippen molar-refractivity contribution in [1.82, 2.24) is 9.88 Å². The van der Waals surface area contributed by atoms with Gasteiger partial charge in [0.05, 0.1) is 13.2 Å². The molecule has 1 aromatic carbocycles. The molecule has 28 heavy (non-hydrogen) atoms. The van der Waals surface area contributed by atoms with Gasteiger partial charge in [0.25, 0.3) is 0 Å². The van der Waals surface area contributed by atoms with Gasteiger partial charge in [0.15, 0.2) is 5.69 Å². The Morgan fingerprint density at radius 1 is 1.25 bits per heavy atom. The molecule has 2 amide bonds. The van der Waals surface area contributed by atoms with Crippen LogP contribution in [0.5, 0.6) is 0 Å². The molecule has 8 heteroatoms. The molecule has 0 aliphatic carbocycles. The number of methoxy groups -OCH3 is 1. The number of benzene rings is 1. The minimum Gasteiger partial charge on any atom is -0.461 e. The van der Waals surface area contributed by atoms with Gasteiger partial charge in [-0.1, -0.05) is 25.1 Å². The number of carbonyl (C=O) groups is 2. The van der Waals surface area contributed by atoms with Crippen LogP contribution in [0.25, 0.3) is 0 Å². The molecule has 152 valence electrons. The van der Waals surface area contributed by atoms with E-state index < -0.39 is 5.97 Å². The largest absolute Gasteiger partial charge is 0.461 e. The second kappa shape index (κ2) is 11.4. The number of esters is 1. The molecule has 2 aromatic rings. The molecule has 0 atom stereocenters. The minimum absolute atomic E-state index is 0.204. The van der Waals surface area contributed by atoms with Crippen molar-refractivity contribution in [3.05, 3.63) is 45.9 Å². The molecule has 1 heterocycles. The van der Waals surface area contributed by atoms with E-state index in [1.54, 1.807) is 24.3 Å². The second-order valence-corrected chi connectivity index (χ2v) is 7.00. The number of para-hydroxylation sites is 1. The van der Waals surface area contributed by atoms with E-state index in [9.17, 15) is 9.59 Å². The van der Waals surface area contributed by atoms with Crippen LogP contribution in [-0.4, -0.2) is 48.8 Å². The zero-order chi connectivity index (χ0) is 20.4. The molecular formula is C20H27N3O4S. The van der Waals surface area contributed by atoms with Crippen molar-refractivity contribution in [2.75, 3.05) is 32.2 Å². The molecular weight excluding hydrogens is 378 g/mol. The molecule has 1 aromatic heterocycles. The van der Waals surface area contributed by atoms with E-state index in [0.717, 1.165) is 17.7 Å². The van der Waals surface area contributed by atoms with Gasteiger partial charge in [-0.3, -0.25) is 0 Å².